The van der Waals surface area contributed by atoms with Crippen LogP contribution in [0.3, 0.4) is 0 Å². The molecule has 4 heterocycles. The number of amides is 1. The average Bonchev–Trinajstić information content (AvgIpc) is 3.34. The van der Waals surface area contributed by atoms with Crippen LogP contribution in [0.15, 0.2) is 49.2 Å². The van der Waals surface area contributed by atoms with E-state index in [1.165, 1.54) is 0 Å². The number of aromatic nitrogens is 5. The van der Waals surface area contributed by atoms with Crippen molar-refractivity contribution >= 4 is 11.7 Å². The van der Waals surface area contributed by atoms with Crippen LogP contribution >= 0.6 is 0 Å². The van der Waals surface area contributed by atoms with E-state index in [1.807, 2.05) is 59.2 Å². The summed E-state index contributed by atoms with van der Waals surface area (Å²) in [5, 5.41) is 4.39. The summed E-state index contributed by atoms with van der Waals surface area (Å²) in [5.41, 5.74) is 0.944. The smallest absolute Gasteiger partial charge is 0.242 e. The van der Waals surface area contributed by atoms with E-state index in [-0.39, 0.29) is 5.91 Å². The summed E-state index contributed by atoms with van der Waals surface area (Å²) < 4.78 is 3.65. The first-order valence-electron chi connectivity index (χ1n) is 8.67. The van der Waals surface area contributed by atoms with Crippen molar-refractivity contribution < 1.29 is 4.79 Å². The number of anilines is 1. The Hall–Kier alpha value is -3.16. The molecule has 1 saturated heterocycles. The van der Waals surface area contributed by atoms with Crippen molar-refractivity contribution in [1.29, 1.82) is 0 Å². The minimum absolute atomic E-state index is 0.149. The maximum atomic E-state index is 12.4. The molecule has 0 saturated carbocycles. The molecule has 8 nitrogen and oxygen atoms in total. The molecule has 1 aliphatic rings. The number of carbonyl (C=O) groups excluding carboxylic acids is 1. The van der Waals surface area contributed by atoms with Gasteiger partial charge in [-0.2, -0.15) is 5.10 Å². The van der Waals surface area contributed by atoms with Gasteiger partial charge in [-0.15, -0.1) is 0 Å². The fourth-order valence-corrected chi connectivity index (χ4v) is 3.09. The summed E-state index contributed by atoms with van der Waals surface area (Å²) in [7, 11) is 0. The molecule has 0 spiro atoms. The average molecular weight is 351 g/mol. The Morgan fingerprint density at radius 3 is 2.46 bits per heavy atom. The van der Waals surface area contributed by atoms with Crippen LogP contribution in [-0.4, -0.2) is 61.3 Å². The minimum atomic E-state index is 0.149. The second kappa shape index (κ2) is 6.99. The van der Waals surface area contributed by atoms with E-state index < -0.39 is 0 Å². The molecule has 134 valence electrons. The number of piperazine rings is 1. The Morgan fingerprint density at radius 1 is 1.04 bits per heavy atom. The van der Waals surface area contributed by atoms with Gasteiger partial charge in [-0.05, 0) is 25.1 Å². The lowest BCUT2D eigenvalue weighted by atomic mass is 10.3. The molecule has 0 aromatic carbocycles. The molecule has 3 aromatic heterocycles. The van der Waals surface area contributed by atoms with Gasteiger partial charge in [-0.3, -0.25) is 4.79 Å². The van der Waals surface area contributed by atoms with Crippen LogP contribution in [0.2, 0.25) is 0 Å². The van der Waals surface area contributed by atoms with Gasteiger partial charge in [0.25, 0.3) is 0 Å². The number of hydrogen-bond donors (Lipinski definition) is 0. The van der Waals surface area contributed by atoms with Crippen molar-refractivity contribution in [1.82, 2.24) is 29.2 Å². The number of nitrogens with zero attached hydrogens (tertiary/aromatic N) is 7. The molecule has 0 unspecified atom stereocenters. The first-order valence-corrected chi connectivity index (χ1v) is 8.67. The lowest BCUT2D eigenvalue weighted by molar-refractivity contribution is -0.132. The second-order valence-electron chi connectivity index (χ2n) is 6.36. The van der Waals surface area contributed by atoms with Crippen LogP contribution in [0.4, 0.5) is 5.82 Å². The molecule has 26 heavy (non-hydrogen) atoms. The number of aryl methyl sites for hydroxylation is 1. The van der Waals surface area contributed by atoms with Gasteiger partial charge in [0.1, 0.15) is 18.7 Å². The van der Waals surface area contributed by atoms with Crippen molar-refractivity contribution in [3.05, 3.63) is 54.9 Å². The summed E-state index contributed by atoms with van der Waals surface area (Å²) in [4.78, 5) is 25.2. The SMILES string of the molecule is Cc1ccn(-c2cc(N3CCN(C(=O)Cn4cccc4)CC3)ncn2)n1. The van der Waals surface area contributed by atoms with E-state index in [9.17, 15) is 4.79 Å². The topological polar surface area (TPSA) is 72.1 Å². The normalized spacial score (nSPS) is 14.7. The summed E-state index contributed by atoms with van der Waals surface area (Å²) in [5.74, 6) is 1.76. The Labute approximate surface area is 151 Å². The van der Waals surface area contributed by atoms with E-state index >= 15 is 0 Å². The molecule has 0 atom stereocenters. The highest BCUT2D eigenvalue weighted by Crippen LogP contribution is 2.16. The predicted octanol–water partition coefficient (Wildman–Crippen LogP) is 1.12. The van der Waals surface area contributed by atoms with Gasteiger partial charge in [0.2, 0.25) is 5.91 Å². The quantitative estimate of drug-likeness (QED) is 0.704. The summed E-state index contributed by atoms with van der Waals surface area (Å²) in [6.45, 7) is 5.24. The van der Waals surface area contributed by atoms with Crippen molar-refractivity contribution in [3.8, 4) is 5.82 Å². The molecule has 4 rings (SSSR count). The van der Waals surface area contributed by atoms with Crippen molar-refractivity contribution in [3.63, 3.8) is 0 Å². The summed E-state index contributed by atoms with van der Waals surface area (Å²) in [6.07, 6.45) is 7.27. The second-order valence-corrected chi connectivity index (χ2v) is 6.36. The highest BCUT2D eigenvalue weighted by Gasteiger charge is 2.22. The minimum Gasteiger partial charge on any atom is -0.353 e. The molecule has 0 radical (unpaired) electrons. The molecule has 8 heteroatoms. The summed E-state index contributed by atoms with van der Waals surface area (Å²) >= 11 is 0. The molecular weight excluding hydrogens is 330 g/mol. The fraction of sp³-hybridized carbons (Fsp3) is 0.333. The van der Waals surface area contributed by atoms with Gasteiger partial charge in [-0.25, -0.2) is 14.6 Å². The molecule has 1 amide bonds. The Balaban J connectivity index is 1.39. The monoisotopic (exact) mass is 351 g/mol. The fourth-order valence-electron chi connectivity index (χ4n) is 3.09. The lowest BCUT2D eigenvalue weighted by Gasteiger charge is -2.35. The zero-order chi connectivity index (χ0) is 17.9. The predicted molar refractivity (Wildman–Crippen MR) is 97.1 cm³/mol. The van der Waals surface area contributed by atoms with E-state index in [0.29, 0.717) is 19.6 Å². The van der Waals surface area contributed by atoms with Crippen molar-refractivity contribution in [2.75, 3.05) is 31.1 Å². The van der Waals surface area contributed by atoms with Crippen LogP contribution in [0.25, 0.3) is 5.82 Å². The number of carbonyl (C=O) groups is 1. The van der Waals surface area contributed by atoms with Crippen LogP contribution in [0.1, 0.15) is 5.69 Å². The van der Waals surface area contributed by atoms with E-state index in [1.54, 1.807) is 11.0 Å². The van der Waals surface area contributed by atoms with Gasteiger partial charge in [-0.1, -0.05) is 0 Å². The third-order valence-electron chi connectivity index (χ3n) is 4.54. The first kappa shape index (κ1) is 16.3. The molecule has 3 aromatic rings. The van der Waals surface area contributed by atoms with Crippen LogP contribution in [-0.2, 0) is 11.3 Å². The van der Waals surface area contributed by atoms with Crippen molar-refractivity contribution in [2.45, 2.75) is 13.5 Å². The van der Waals surface area contributed by atoms with Crippen molar-refractivity contribution in [2.24, 2.45) is 0 Å². The molecule has 0 aliphatic carbocycles. The lowest BCUT2D eigenvalue weighted by Crippen LogP contribution is -2.49. The van der Waals surface area contributed by atoms with Gasteiger partial charge < -0.3 is 14.4 Å². The largest absolute Gasteiger partial charge is 0.353 e. The van der Waals surface area contributed by atoms with E-state index in [2.05, 4.69) is 20.0 Å². The molecular formula is C18H21N7O. The molecule has 1 fully saturated rings. The van der Waals surface area contributed by atoms with E-state index in [0.717, 1.165) is 30.4 Å². The zero-order valence-electron chi connectivity index (χ0n) is 14.7. The molecule has 1 aliphatic heterocycles. The van der Waals surface area contributed by atoms with Crippen LogP contribution in [0.5, 0.6) is 0 Å². The molecule has 0 N–H and O–H groups in total. The van der Waals surface area contributed by atoms with Crippen LogP contribution in [0, 0.1) is 6.92 Å². The zero-order valence-corrected chi connectivity index (χ0v) is 14.7. The third kappa shape index (κ3) is 3.44. The Bertz CT molecular complexity index is 879. The summed E-state index contributed by atoms with van der Waals surface area (Å²) in [6, 6.07) is 7.73. The number of hydrogen-bond acceptors (Lipinski definition) is 5. The maximum Gasteiger partial charge on any atom is 0.242 e. The maximum absolute atomic E-state index is 12.4. The van der Waals surface area contributed by atoms with Gasteiger partial charge in [0.05, 0.1) is 5.69 Å². The first-order chi connectivity index (χ1) is 12.7. The standard InChI is InChI=1S/C18H21N7O/c1-15-4-7-25(21-15)17-12-16(19-14-20-17)23-8-10-24(11-9-23)18(26)13-22-5-2-3-6-22/h2-7,12,14H,8-11,13H2,1H3. The van der Waals surface area contributed by atoms with Gasteiger partial charge in [0, 0.05) is 50.8 Å². The Kier molecular flexibility index (Phi) is 4.39. The van der Waals surface area contributed by atoms with E-state index in [4.69, 9.17) is 0 Å². The van der Waals surface area contributed by atoms with Crippen LogP contribution < -0.4 is 4.90 Å². The molecule has 0 bridgehead atoms. The highest BCUT2D eigenvalue weighted by atomic mass is 16.2. The highest BCUT2D eigenvalue weighted by molar-refractivity contribution is 5.76. The number of rotatable bonds is 4. The Morgan fingerprint density at radius 2 is 1.77 bits per heavy atom. The van der Waals surface area contributed by atoms with Gasteiger partial charge >= 0.3 is 0 Å². The third-order valence-corrected chi connectivity index (χ3v) is 4.54. The van der Waals surface area contributed by atoms with Gasteiger partial charge in [0.15, 0.2) is 5.82 Å².